The van der Waals surface area contributed by atoms with Crippen molar-refractivity contribution < 1.29 is 0 Å². The van der Waals surface area contributed by atoms with Gasteiger partial charge in [0.05, 0.1) is 0 Å². The Morgan fingerprint density at radius 2 is 2.06 bits per heavy atom. The number of likely N-dealkylation sites (N-methyl/N-ethyl adjacent to an activating group) is 1. The van der Waals surface area contributed by atoms with E-state index in [1.54, 1.807) is 0 Å². The first-order chi connectivity index (χ1) is 8.04. The minimum Gasteiger partial charge on any atom is -0.368 e. The molecule has 0 bridgehead atoms. The second-order valence-corrected chi connectivity index (χ2v) is 4.96. The molecule has 94 valence electrons. The third-order valence-corrected chi connectivity index (χ3v) is 2.63. The molecule has 0 spiro atoms. The van der Waals surface area contributed by atoms with Crippen LogP contribution in [-0.4, -0.2) is 46.5 Å². The summed E-state index contributed by atoms with van der Waals surface area (Å²) in [5.41, 5.74) is 5.69. The highest BCUT2D eigenvalue weighted by Crippen LogP contribution is 2.38. The molecule has 1 aromatic rings. The molecule has 6 nitrogen and oxygen atoms in total. The highest BCUT2D eigenvalue weighted by Gasteiger charge is 2.27. The summed E-state index contributed by atoms with van der Waals surface area (Å²) in [5.74, 6) is 2.22. The van der Waals surface area contributed by atoms with E-state index >= 15 is 0 Å². The molecule has 3 N–H and O–H groups in total. The first-order valence-electron chi connectivity index (χ1n) is 5.97. The van der Waals surface area contributed by atoms with Gasteiger partial charge in [0, 0.05) is 18.5 Å². The lowest BCUT2D eigenvalue weighted by Gasteiger charge is -2.18. The zero-order valence-electron chi connectivity index (χ0n) is 10.6. The number of hydrogen-bond donors (Lipinski definition) is 2. The zero-order valence-corrected chi connectivity index (χ0v) is 10.6. The summed E-state index contributed by atoms with van der Waals surface area (Å²) in [6.07, 6.45) is 2.33. The van der Waals surface area contributed by atoms with Crippen LogP contribution in [0.25, 0.3) is 0 Å². The molecule has 2 rings (SSSR count). The highest BCUT2D eigenvalue weighted by molar-refractivity contribution is 5.33. The van der Waals surface area contributed by atoms with Crippen LogP contribution in [0.4, 0.5) is 11.9 Å². The number of anilines is 2. The van der Waals surface area contributed by atoms with Crippen LogP contribution < -0.4 is 11.1 Å². The van der Waals surface area contributed by atoms with Gasteiger partial charge < -0.3 is 16.0 Å². The van der Waals surface area contributed by atoms with Crippen LogP contribution in [-0.2, 0) is 0 Å². The molecule has 0 aliphatic heterocycles. The molecular formula is C11H20N6. The average molecular weight is 236 g/mol. The van der Waals surface area contributed by atoms with Gasteiger partial charge in [0.25, 0.3) is 0 Å². The first-order valence-corrected chi connectivity index (χ1v) is 5.97. The summed E-state index contributed by atoms with van der Waals surface area (Å²) < 4.78 is 0. The lowest BCUT2D eigenvalue weighted by atomic mass is 10.3. The van der Waals surface area contributed by atoms with Gasteiger partial charge in [-0.05, 0) is 33.9 Å². The summed E-state index contributed by atoms with van der Waals surface area (Å²) >= 11 is 0. The van der Waals surface area contributed by atoms with E-state index in [-0.39, 0.29) is 6.04 Å². The van der Waals surface area contributed by atoms with E-state index in [4.69, 9.17) is 5.73 Å². The SMILES string of the molecule is CC(CN(C)C)Nc1nc(N)nc(C2CC2)n1. The molecule has 6 heteroatoms. The fourth-order valence-electron chi connectivity index (χ4n) is 1.81. The maximum absolute atomic E-state index is 5.69. The number of nitrogens with two attached hydrogens (primary N) is 1. The Morgan fingerprint density at radius 3 is 2.65 bits per heavy atom. The van der Waals surface area contributed by atoms with E-state index in [0.29, 0.717) is 17.8 Å². The van der Waals surface area contributed by atoms with Crippen molar-refractivity contribution in [1.82, 2.24) is 19.9 Å². The lowest BCUT2D eigenvalue weighted by molar-refractivity contribution is 0.391. The molecule has 1 heterocycles. The van der Waals surface area contributed by atoms with Crippen LogP contribution >= 0.6 is 0 Å². The Morgan fingerprint density at radius 1 is 1.35 bits per heavy atom. The number of hydrogen-bond acceptors (Lipinski definition) is 6. The Labute approximate surface area is 102 Å². The standard InChI is InChI=1S/C11H20N6/c1-7(6-17(2)3)13-11-15-9(8-4-5-8)14-10(12)16-11/h7-8H,4-6H2,1-3H3,(H3,12,13,14,15,16). The highest BCUT2D eigenvalue weighted by atomic mass is 15.2. The molecule has 1 aliphatic carbocycles. The van der Waals surface area contributed by atoms with Gasteiger partial charge in [-0.2, -0.15) is 15.0 Å². The Kier molecular flexibility index (Phi) is 3.42. The van der Waals surface area contributed by atoms with Gasteiger partial charge in [-0.15, -0.1) is 0 Å². The normalized spacial score (nSPS) is 17.2. The van der Waals surface area contributed by atoms with E-state index in [2.05, 4.69) is 32.1 Å². The van der Waals surface area contributed by atoms with Gasteiger partial charge in [0.1, 0.15) is 5.82 Å². The second kappa shape index (κ2) is 4.83. The van der Waals surface area contributed by atoms with Gasteiger partial charge in [-0.3, -0.25) is 0 Å². The Balaban J connectivity index is 2.04. The van der Waals surface area contributed by atoms with E-state index < -0.39 is 0 Å². The largest absolute Gasteiger partial charge is 0.368 e. The third kappa shape index (κ3) is 3.52. The summed E-state index contributed by atoms with van der Waals surface area (Å²) in [7, 11) is 4.07. The minimum atomic E-state index is 0.277. The molecule has 1 atom stereocenters. The number of aromatic nitrogens is 3. The van der Waals surface area contributed by atoms with Crippen molar-refractivity contribution in [3.8, 4) is 0 Å². The maximum Gasteiger partial charge on any atom is 0.228 e. The molecule has 0 radical (unpaired) electrons. The number of nitrogens with one attached hydrogen (secondary N) is 1. The smallest absolute Gasteiger partial charge is 0.228 e. The predicted molar refractivity (Wildman–Crippen MR) is 67.9 cm³/mol. The molecule has 0 saturated heterocycles. The minimum absolute atomic E-state index is 0.277. The Hall–Kier alpha value is -1.43. The number of nitrogens with zero attached hydrogens (tertiary/aromatic N) is 4. The zero-order chi connectivity index (χ0) is 12.4. The van der Waals surface area contributed by atoms with E-state index in [9.17, 15) is 0 Å². The summed E-state index contributed by atoms with van der Waals surface area (Å²) in [6, 6.07) is 0.277. The van der Waals surface area contributed by atoms with Gasteiger partial charge in [-0.25, -0.2) is 0 Å². The fraction of sp³-hybridized carbons (Fsp3) is 0.727. The molecule has 1 unspecified atom stereocenters. The van der Waals surface area contributed by atoms with Gasteiger partial charge in [0.2, 0.25) is 11.9 Å². The molecule has 0 aromatic carbocycles. The molecular weight excluding hydrogens is 216 g/mol. The molecule has 17 heavy (non-hydrogen) atoms. The van der Waals surface area contributed by atoms with Crippen molar-refractivity contribution >= 4 is 11.9 Å². The van der Waals surface area contributed by atoms with E-state index in [1.165, 1.54) is 0 Å². The van der Waals surface area contributed by atoms with Crippen molar-refractivity contribution in [1.29, 1.82) is 0 Å². The first kappa shape index (κ1) is 12.0. The van der Waals surface area contributed by atoms with E-state index in [0.717, 1.165) is 25.2 Å². The molecule has 1 fully saturated rings. The number of nitrogen functional groups attached to an aromatic ring is 1. The molecule has 1 aliphatic rings. The number of rotatable bonds is 5. The van der Waals surface area contributed by atoms with Crippen LogP contribution in [0.5, 0.6) is 0 Å². The molecule has 1 saturated carbocycles. The van der Waals surface area contributed by atoms with Crippen LogP contribution in [0.3, 0.4) is 0 Å². The van der Waals surface area contributed by atoms with Crippen molar-refractivity contribution in [2.75, 3.05) is 31.7 Å². The maximum atomic E-state index is 5.69. The second-order valence-electron chi connectivity index (χ2n) is 4.96. The quantitative estimate of drug-likeness (QED) is 0.783. The molecule has 0 amide bonds. The van der Waals surface area contributed by atoms with Gasteiger partial charge in [-0.1, -0.05) is 0 Å². The monoisotopic (exact) mass is 236 g/mol. The van der Waals surface area contributed by atoms with Crippen LogP contribution in [0.15, 0.2) is 0 Å². The van der Waals surface area contributed by atoms with Crippen molar-refractivity contribution in [3.05, 3.63) is 5.82 Å². The third-order valence-electron chi connectivity index (χ3n) is 2.63. The van der Waals surface area contributed by atoms with Crippen LogP contribution in [0.2, 0.25) is 0 Å². The van der Waals surface area contributed by atoms with Crippen molar-refractivity contribution in [3.63, 3.8) is 0 Å². The van der Waals surface area contributed by atoms with Gasteiger partial charge in [0.15, 0.2) is 0 Å². The average Bonchev–Trinajstić information content (AvgIpc) is 2.97. The summed E-state index contributed by atoms with van der Waals surface area (Å²) in [5, 5.41) is 3.25. The van der Waals surface area contributed by atoms with Crippen molar-refractivity contribution in [2.45, 2.75) is 31.7 Å². The van der Waals surface area contributed by atoms with Crippen LogP contribution in [0, 0.1) is 0 Å². The van der Waals surface area contributed by atoms with E-state index in [1.807, 2.05) is 14.1 Å². The van der Waals surface area contributed by atoms with Gasteiger partial charge >= 0.3 is 0 Å². The molecule has 1 aromatic heterocycles. The summed E-state index contributed by atoms with van der Waals surface area (Å²) in [4.78, 5) is 14.8. The van der Waals surface area contributed by atoms with Crippen LogP contribution in [0.1, 0.15) is 31.5 Å². The Bertz CT molecular complexity index is 388. The topological polar surface area (TPSA) is 80.0 Å². The summed E-state index contributed by atoms with van der Waals surface area (Å²) in [6.45, 7) is 3.02. The fourth-order valence-corrected chi connectivity index (χ4v) is 1.81. The predicted octanol–water partition coefficient (Wildman–Crippen LogP) is 0.693. The lowest BCUT2D eigenvalue weighted by Crippen LogP contribution is -2.30. The van der Waals surface area contributed by atoms with Crippen molar-refractivity contribution in [2.24, 2.45) is 0 Å².